The molecular weight excluding hydrogens is 597 g/mol. The van der Waals surface area contributed by atoms with Gasteiger partial charge in [-0.3, -0.25) is 19.2 Å². The molecule has 1 aliphatic heterocycles. The van der Waals surface area contributed by atoms with Gasteiger partial charge in [0.15, 0.2) is 5.69 Å². The Morgan fingerprint density at radius 3 is 2.57 bits per heavy atom. The van der Waals surface area contributed by atoms with Crippen molar-refractivity contribution in [3.05, 3.63) is 70.2 Å². The summed E-state index contributed by atoms with van der Waals surface area (Å²) in [5.74, 6) is -4.32. The number of alkyl halides is 4. The van der Waals surface area contributed by atoms with Crippen LogP contribution in [0.4, 0.5) is 27.6 Å². The van der Waals surface area contributed by atoms with Crippen LogP contribution in [0.5, 0.6) is 5.75 Å². The minimum Gasteiger partial charge on any atom is -0.406 e. The Hall–Kier alpha value is -4.83. The number of halogens is 5. The van der Waals surface area contributed by atoms with E-state index in [1.54, 1.807) is 0 Å². The molecule has 1 aromatic carbocycles. The fraction of sp³-hybridized carbons (Fsp3) is 0.407. The Kier molecular flexibility index (Phi) is 10.3. The minimum atomic E-state index is -4.86. The lowest BCUT2D eigenvalue weighted by Gasteiger charge is -2.25. The summed E-state index contributed by atoms with van der Waals surface area (Å²) in [5, 5.41) is 11.9. The van der Waals surface area contributed by atoms with Crippen molar-refractivity contribution in [1.29, 1.82) is 0 Å². The molecule has 0 aliphatic carbocycles. The van der Waals surface area contributed by atoms with Gasteiger partial charge in [-0.05, 0) is 49.4 Å². The highest BCUT2D eigenvalue weighted by molar-refractivity contribution is 6.39. The molecule has 1 fully saturated rings. The molecule has 1 saturated heterocycles. The van der Waals surface area contributed by atoms with E-state index in [0.717, 1.165) is 46.7 Å². The second kappa shape index (κ2) is 14.1. The maximum absolute atomic E-state index is 14.7. The molecule has 3 heterocycles. The van der Waals surface area contributed by atoms with Gasteiger partial charge in [-0.15, -0.1) is 18.3 Å². The zero-order chi connectivity index (χ0) is 31.9. The Morgan fingerprint density at radius 1 is 1.09 bits per heavy atom. The van der Waals surface area contributed by atoms with Crippen molar-refractivity contribution in [3.63, 3.8) is 0 Å². The number of rotatable bonds is 10. The molecule has 2 aromatic heterocycles. The van der Waals surface area contributed by atoms with Gasteiger partial charge in [0.1, 0.15) is 11.9 Å². The molecule has 4 rings (SSSR count). The number of piperidine rings is 1. The van der Waals surface area contributed by atoms with Crippen molar-refractivity contribution in [1.82, 2.24) is 29.8 Å². The highest BCUT2D eigenvalue weighted by Gasteiger charge is 2.31. The number of pyridine rings is 1. The quantitative estimate of drug-likeness (QED) is 0.261. The lowest BCUT2D eigenvalue weighted by molar-refractivity contribution is -0.274. The number of hydrogen-bond donors (Lipinski definition) is 2. The van der Waals surface area contributed by atoms with Crippen molar-refractivity contribution in [2.75, 3.05) is 18.4 Å². The van der Waals surface area contributed by atoms with E-state index in [1.807, 2.05) is 0 Å². The number of nitrogens with one attached hydrogen (secondary N) is 2. The van der Waals surface area contributed by atoms with Gasteiger partial charge in [-0.2, -0.15) is 4.39 Å². The van der Waals surface area contributed by atoms with Gasteiger partial charge in [0, 0.05) is 32.4 Å². The molecule has 3 aromatic rings. The molecule has 0 radical (unpaired) electrons. The molecule has 0 spiro atoms. The average Bonchev–Trinajstić information content (AvgIpc) is 3.45. The summed E-state index contributed by atoms with van der Waals surface area (Å²) < 4.78 is 72.4. The maximum Gasteiger partial charge on any atom is 0.573 e. The number of likely N-dealkylation sites (tertiary alicyclic amines) is 1. The first-order valence-electron chi connectivity index (χ1n) is 13.6. The van der Waals surface area contributed by atoms with Crippen LogP contribution in [0.25, 0.3) is 0 Å². The molecule has 2 N–H and O–H groups in total. The number of carbonyl (C=O) groups is 3. The van der Waals surface area contributed by atoms with E-state index in [1.165, 1.54) is 29.4 Å². The standard InChI is InChI=1S/C27H28F5N7O5/c28-18(7-11-38-12-8-20(22(29)25(38)42)34-24(41)26(43)37-9-2-1-3-10-37)15-39-16-21(35-36-39)23(40)33-14-17-5-4-6-19(13-17)44-27(30,31)32/h4-6,8,12-13,16,18H,1-3,7,9-11,14-15H2,(H,33,40)(H,34,41). The van der Waals surface area contributed by atoms with Gasteiger partial charge in [-0.1, -0.05) is 17.3 Å². The first-order chi connectivity index (χ1) is 20.9. The number of anilines is 1. The van der Waals surface area contributed by atoms with Crippen molar-refractivity contribution >= 4 is 23.4 Å². The fourth-order valence-electron chi connectivity index (χ4n) is 4.43. The van der Waals surface area contributed by atoms with Gasteiger partial charge in [0.2, 0.25) is 5.82 Å². The van der Waals surface area contributed by atoms with Crippen LogP contribution in [0.1, 0.15) is 41.7 Å². The van der Waals surface area contributed by atoms with E-state index < -0.39 is 53.1 Å². The number of hydrogen-bond acceptors (Lipinski definition) is 7. The first kappa shape index (κ1) is 32.1. The predicted molar refractivity (Wildman–Crippen MR) is 144 cm³/mol. The SMILES string of the molecule is O=C(Nc1ccn(CCC(F)Cn2cc(C(=O)NCc3cccc(OC(F)(F)F)c3)nn2)c(=O)c1F)C(=O)N1CCCCC1. The van der Waals surface area contributed by atoms with Gasteiger partial charge in [-0.25, -0.2) is 9.07 Å². The lowest BCUT2D eigenvalue weighted by atomic mass is 10.1. The van der Waals surface area contributed by atoms with Crippen LogP contribution in [0.15, 0.2) is 47.5 Å². The van der Waals surface area contributed by atoms with Crippen LogP contribution in [0.2, 0.25) is 0 Å². The highest BCUT2D eigenvalue weighted by Crippen LogP contribution is 2.23. The van der Waals surface area contributed by atoms with E-state index in [2.05, 4.69) is 25.7 Å². The second-order valence-corrected chi connectivity index (χ2v) is 9.94. The summed E-state index contributed by atoms with van der Waals surface area (Å²) in [4.78, 5) is 50.7. The molecule has 17 heteroatoms. The summed E-state index contributed by atoms with van der Waals surface area (Å²) >= 11 is 0. The average molecular weight is 626 g/mol. The molecule has 236 valence electrons. The third-order valence-electron chi connectivity index (χ3n) is 6.62. The summed E-state index contributed by atoms with van der Waals surface area (Å²) in [6.45, 7) is 0.130. The second-order valence-electron chi connectivity index (χ2n) is 9.94. The van der Waals surface area contributed by atoms with Crippen LogP contribution in [-0.4, -0.2) is 67.8 Å². The Morgan fingerprint density at radius 2 is 1.84 bits per heavy atom. The normalized spacial score (nSPS) is 14.2. The van der Waals surface area contributed by atoms with E-state index in [0.29, 0.717) is 18.7 Å². The zero-order valence-electron chi connectivity index (χ0n) is 23.1. The summed E-state index contributed by atoms with van der Waals surface area (Å²) in [6.07, 6.45) is -1.88. The monoisotopic (exact) mass is 625 g/mol. The van der Waals surface area contributed by atoms with E-state index >= 15 is 0 Å². The Labute approximate surface area is 246 Å². The maximum atomic E-state index is 14.7. The first-order valence-corrected chi connectivity index (χ1v) is 13.6. The fourth-order valence-corrected chi connectivity index (χ4v) is 4.43. The molecule has 0 bridgehead atoms. The number of aryl methyl sites for hydroxylation is 1. The van der Waals surface area contributed by atoms with Crippen LogP contribution < -0.4 is 20.9 Å². The summed E-state index contributed by atoms with van der Waals surface area (Å²) in [5.41, 5.74) is -1.43. The topological polar surface area (TPSA) is 140 Å². The Bertz CT molecular complexity index is 1550. The molecular formula is C27H28F5N7O5. The molecule has 1 atom stereocenters. The third-order valence-corrected chi connectivity index (χ3v) is 6.62. The van der Waals surface area contributed by atoms with E-state index in [4.69, 9.17) is 0 Å². The molecule has 3 amide bonds. The van der Waals surface area contributed by atoms with Gasteiger partial charge in [0.25, 0.3) is 11.5 Å². The van der Waals surface area contributed by atoms with Gasteiger partial charge < -0.3 is 24.8 Å². The molecule has 0 saturated carbocycles. The van der Waals surface area contributed by atoms with Crippen LogP contribution in [0, 0.1) is 5.82 Å². The molecule has 12 nitrogen and oxygen atoms in total. The van der Waals surface area contributed by atoms with E-state index in [-0.39, 0.29) is 31.7 Å². The molecule has 44 heavy (non-hydrogen) atoms. The van der Waals surface area contributed by atoms with E-state index in [9.17, 15) is 41.1 Å². The van der Waals surface area contributed by atoms with Crippen LogP contribution >= 0.6 is 0 Å². The van der Waals surface area contributed by atoms with Crippen molar-refractivity contribution in [3.8, 4) is 5.75 Å². The predicted octanol–water partition coefficient (Wildman–Crippen LogP) is 2.79. The minimum absolute atomic E-state index is 0.144. The Balaban J connectivity index is 1.25. The zero-order valence-corrected chi connectivity index (χ0v) is 23.1. The van der Waals surface area contributed by atoms with Crippen molar-refractivity contribution in [2.24, 2.45) is 0 Å². The number of carbonyl (C=O) groups excluding carboxylic acids is 3. The highest BCUT2D eigenvalue weighted by atomic mass is 19.4. The number of benzene rings is 1. The third kappa shape index (κ3) is 8.84. The number of amides is 3. The van der Waals surface area contributed by atoms with Crippen molar-refractivity contribution < 1.29 is 41.1 Å². The van der Waals surface area contributed by atoms with Crippen molar-refractivity contribution in [2.45, 2.75) is 57.9 Å². The van der Waals surface area contributed by atoms with Gasteiger partial charge in [0.05, 0.1) is 18.4 Å². The lowest BCUT2D eigenvalue weighted by Crippen LogP contribution is -2.42. The largest absolute Gasteiger partial charge is 0.573 e. The smallest absolute Gasteiger partial charge is 0.406 e. The number of aromatic nitrogens is 4. The number of nitrogens with zero attached hydrogens (tertiary/aromatic N) is 5. The van der Waals surface area contributed by atoms with Crippen LogP contribution in [0.3, 0.4) is 0 Å². The summed E-state index contributed by atoms with van der Waals surface area (Å²) in [6, 6.07) is 6.13. The molecule has 1 aliphatic rings. The van der Waals surface area contributed by atoms with Crippen LogP contribution in [-0.2, 0) is 29.2 Å². The number of ether oxygens (including phenoxy) is 1. The summed E-state index contributed by atoms with van der Waals surface area (Å²) in [7, 11) is 0. The molecule has 1 unspecified atom stereocenters. The van der Waals surface area contributed by atoms with Gasteiger partial charge >= 0.3 is 18.2 Å².